The van der Waals surface area contributed by atoms with Gasteiger partial charge in [0.1, 0.15) is 13.2 Å². The minimum atomic E-state index is -0.783. The fourth-order valence-corrected chi connectivity index (χ4v) is 10.5. The Labute approximate surface area is 480 Å². The molecule has 6 nitrogen and oxygen atoms in total. The van der Waals surface area contributed by atoms with E-state index in [2.05, 4.69) is 57.2 Å². The first-order chi connectivity index (χ1) is 38.0. The molecule has 0 spiro atoms. The average Bonchev–Trinajstić information content (AvgIpc) is 3.43. The van der Waals surface area contributed by atoms with Crippen LogP contribution in [0.3, 0.4) is 0 Å². The van der Waals surface area contributed by atoms with Crippen LogP contribution in [-0.2, 0) is 28.6 Å². The third-order valence-corrected chi connectivity index (χ3v) is 15.7. The summed E-state index contributed by atoms with van der Waals surface area (Å²) >= 11 is 0. The van der Waals surface area contributed by atoms with Crippen molar-refractivity contribution in [3.63, 3.8) is 0 Å². The third kappa shape index (κ3) is 64.3. The lowest BCUT2D eigenvalue weighted by Crippen LogP contribution is -2.30. The van der Waals surface area contributed by atoms with Crippen molar-refractivity contribution in [1.82, 2.24) is 0 Å². The van der Waals surface area contributed by atoms with E-state index in [0.29, 0.717) is 19.3 Å². The van der Waals surface area contributed by atoms with E-state index in [4.69, 9.17) is 14.2 Å². The summed E-state index contributed by atoms with van der Waals surface area (Å²) in [6.07, 6.45) is 82.2. The molecule has 0 heterocycles. The van der Waals surface area contributed by atoms with Gasteiger partial charge < -0.3 is 14.2 Å². The molecular formula is C71H132O6. The van der Waals surface area contributed by atoms with Crippen molar-refractivity contribution in [3.05, 3.63) is 36.5 Å². The molecule has 0 aliphatic carbocycles. The Morgan fingerprint density at radius 2 is 0.506 bits per heavy atom. The number of ether oxygens (including phenoxy) is 3. The van der Waals surface area contributed by atoms with Gasteiger partial charge in [-0.2, -0.15) is 0 Å². The lowest BCUT2D eigenvalue weighted by atomic mass is 10.0. The fraction of sp³-hybridized carbons (Fsp3) is 0.873. The predicted molar refractivity (Wildman–Crippen MR) is 335 cm³/mol. The summed E-state index contributed by atoms with van der Waals surface area (Å²) in [6.45, 7) is 6.55. The van der Waals surface area contributed by atoms with E-state index in [1.165, 1.54) is 257 Å². The number of esters is 3. The molecule has 0 N–H and O–H groups in total. The molecule has 0 saturated heterocycles. The van der Waals surface area contributed by atoms with Crippen LogP contribution in [0.1, 0.15) is 380 Å². The van der Waals surface area contributed by atoms with E-state index in [1.54, 1.807) is 0 Å². The van der Waals surface area contributed by atoms with Gasteiger partial charge in [-0.15, -0.1) is 0 Å². The van der Waals surface area contributed by atoms with Gasteiger partial charge in [-0.3, -0.25) is 14.4 Å². The molecule has 0 fully saturated rings. The summed E-state index contributed by atoms with van der Waals surface area (Å²) in [5, 5.41) is 0. The topological polar surface area (TPSA) is 78.9 Å². The second-order valence-electron chi connectivity index (χ2n) is 23.4. The average molecular weight is 1080 g/mol. The van der Waals surface area contributed by atoms with E-state index in [1.807, 2.05) is 0 Å². The minimum absolute atomic E-state index is 0.0793. The summed E-state index contributed by atoms with van der Waals surface area (Å²) in [5.74, 6) is -0.889. The zero-order valence-corrected chi connectivity index (χ0v) is 52.0. The van der Waals surface area contributed by atoms with Gasteiger partial charge in [-0.25, -0.2) is 0 Å². The van der Waals surface area contributed by atoms with E-state index >= 15 is 0 Å². The molecule has 1 unspecified atom stereocenters. The summed E-state index contributed by atoms with van der Waals surface area (Å²) in [4.78, 5) is 38.2. The quantitative estimate of drug-likeness (QED) is 0.0261. The maximum Gasteiger partial charge on any atom is 0.306 e. The molecule has 0 saturated carbocycles. The van der Waals surface area contributed by atoms with Gasteiger partial charge in [0.15, 0.2) is 6.10 Å². The smallest absolute Gasteiger partial charge is 0.306 e. The molecule has 0 aromatic heterocycles. The lowest BCUT2D eigenvalue weighted by molar-refractivity contribution is -0.167. The van der Waals surface area contributed by atoms with E-state index in [0.717, 1.165) is 83.5 Å². The second-order valence-corrected chi connectivity index (χ2v) is 23.4. The maximum atomic E-state index is 12.8. The van der Waals surface area contributed by atoms with Gasteiger partial charge >= 0.3 is 17.9 Å². The molecular weight excluding hydrogens is 949 g/mol. The summed E-state index contributed by atoms with van der Waals surface area (Å²) in [7, 11) is 0. The second kappa shape index (κ2) is 66.1. The van der Waals surface area contributed by atoms with Crippen LogP contribution in [0.4, 0.5) is 0 Å². The Morgan fingerprint density at radius 1 is 0.273 bits per heavy atom. The SMILES string of the molecule is CC/C=C\C/C=C\C/C=C\CCCCCC(=O)OC(COC(=O)CCCCCCCCCCCCC)COC(=O)CCCCCCCCCCCCCCCCCCCCCCCCCCCCCCCCCCCCC. The van der Waals surface area contributed by atoms with Crippen LogP contribution < -0.4 is 0 Å². The van der Waals surface area contributed by atoms with Gasteiger partial charge in [-0.05, 0) is 51.4 Å². The van der Waals surface area contributed by atoms with Gasteiger partial charge in [0.2, 0.25) is 0 Å². The molecule has 0 amide bonds. The molecule has 0 aromatic rings. The predicted octanol–water partition coefficient (Wildman–Crippen LogP) is 23.6. The van der Waals surface area contributed by atoms with Gasteiger partial charge in [0.25, 0.3) is 0 Å². The molecule has 0 aromatic carbocycles. The van der Waals surface area contributed by atoms with Gasteiger partial charge in [0.05, 0.1) is 0 Å². The van der Waals surface area contributed by atoms with E-state index < -0.39 is 6.10 Å². The van der Waals surface area contributed by atoms with Crippen LogP contribution in [0.2, 0.25) is 0 Å². The third-order valence-electron chi connectivity index (χ3n) is 15.7. The zero-order valence-electron chi connectivity index (χ0n) is 52.0. The molecule has 0 rings (SSSR count). The van der Waals surface area contributed by atoms with Crippen LogP contribution in [0.15, 0.2) is 36.5 Å². The molecule has 1 atom stereocenters. The van der Waals surface area contributed by atoms with Crippen molar-refractivity contribution < 1.29 is 28.6 Å². The molecule has 6 heteroatoms. The molecule has 0 bridgehead atoms. The maximum absolute atomic E-state index is 12.8. The Kier molecular flexibility index (Phi) is 64.1. The summed E-state index contributed by atoms with van der Waals surface area (Å²) in [5.41, 5.74) is 0. The number of hydrogen-bond acceptors (Lipinski definition) is 6. The highest BCUT2D eigenvalue weighted by Crippen LogP contribution is 2.19. The van der Waals surface area contributed by atoms with Crippen LogP contribution in [0, 0.1) is 0 Å². The van der Waals surface area contributed by atoms with Crippen LogP contribution in [-0.4, -0.2) is 37.2 Å². The summed E-state index contributed by atoms with van der Waals surface area (Å²) in [6, 6.07) is 0. The van der Waals surface area contributed by atoms with E-state index in [-0.39, 0.29) is 31.1 Å². The van der Waals surface area contributed by atoms with Crippen molar-refractivity contribution >= 4 is 17.9 Å². The van der Waals surface area contributed by atoms with Gasteiger partial charge in [0, 0.05) is 19.3 Å². The first-order valence-electron chi connectivity index (χ1n) is 34.5. The number of rotatable bonds is 64. The Bertz CT molecular complexity index is 1290. The molecule has 77 heavy (non-hydrogen) atoms. The lowest BCUT2D eigenvalue weighted by Gasteiger charge is -2.18. The largest absolute Gasteiger partial charge is 0.462 e. The zero-order chi connectivity index (χ0) is 55.7. The highest BCUT2D eigenvalue weighted by Gasteiger charge is 2.19. The van der Waals surface area contributed by atoms with Crippen molar-refractivity contribution in [1.29, 1.82) is 0 Å². The van der Waals surface area contributed by atoms with Crippen LogP contribution in [0.25, 0.3) is 0 Å². The minimum Gasteiger partial charge on any atom is -0.462 e. The normalized spacial score (nSPS) is 12.2. The number of hydrogen-bond donors (Lipinski definition) is 0. The number of unbranched alkanes of at least 4 members (excludes halogenated alkanes) is 47. The van der Waals surface area contributed by atoms with Crippen molar-refractivity contribution in [2.45, 2.75) is 386 Å². The van der Waals surface area contributed by atoms with Crippen LogP contribution in [0.5, 0.6) is 0 Å². The highest BCUT2D eigenvalue weighted by atomic mass is 16.6. The summed E-state index contributed by atoms with van der Waals surface area (Å²) < 4.78 is 16.9. The Balaban J connectivity index is 3.97. The Morgan fingerprint density at radius 3 is 0.792 bits per heavy atom. The fourth-order valence-electron chi connectivity index (χ4n) is 10.5. The number of carbonyl (C=O) groups excluding carboxylic acids is 3. The van der Waals surface area contributed by atoms with Crippen molar-refractivity contribution in [2.24, 2.45) is 0 Å². The molecule has 0 aliphatic rings. The first-order valence-corrected chi connectivity index (χ1v) is 34.5. The molecule has 0 aliphatic heterocycles. The molecule has 452 valence electrons. The monoisotopic (exact) mass is 1080 g/mol. The standard InChI is InChI=1S/C71H132O6/c1-4-7-10-13-16-19-22-24-25-26-27-28-29-30-31-32-33-34-35-36-37-38-39-40-41-42-43-44-45-47-49-52-55-58-61-64-70(73)76-67-68(66-75-69(72)63-60-57-54-51-48-21-18-15-12-9-6-3)77-71(74)65-62-59-56-53-50-46-23-20-17-14-11-8-5-2/h8,11,17,20,46,50,68H,4-7,9-10,12-16,18-19,21-45,47-49,51-67H2,1-3H3/b11-8-,20-17-,50-46-. The Hall–Kier alpha value is -2.37. The van der Waals surface area contributed by atoms with Crippen molar-refractivity contribution in [3.8, 4) is 0 Å². The first kappa shape index (κ1) is 74.6. The molecule has 0 radical (unpaired) electrons. The highest BCUT2D eigenvalue weighted by molar-refractivity contribution is 5.71. The van der Waals surface area contributed by atoms with Crippen molar-refractivity contribution in [2.75, 3.05) is 13.2 Å². The number of carbonyl (C=O) groups is 3. The van der Waals surface area contributed by atoms with Gasteiger partial charge in [-0.1, -0.05) is 346 Å². The number of allylic oxidation sites excluding steroid dienone is 6. The van der Waals surface area contributed by atoms with E-state index in [9.17, 15) is 14.4 Å². The van der Waals surface area contributed by atoms with Crippen LogP contribution >= 0.6 is 0 Å².